The minimum Gasteiger partial charge on any atom is -0.490 e. The second-order valence-corrected chi connectivity index (χ2v) is 4.66. The van der Waals surface area contributed by atoms with Crippen LogP contribution in [0.1, 0.15) is 33.3 Å². The molecule has 0 aliphatic heterocycles. The molecule has 0 spiro atoms. The summed E-state index contributed by atoms with van der Waals surface area (Å²) in [6.07, 6.45) is 0.378. The van der Waals surface area contributed by atoms with Gasteiger partial charge in [-0.3, -0.25) is 4.79 Å². The van der Waals surface area contributed by atoms with Crippen molar-refractivity contribution in [2.24, 2.45) is 5.92 Å². The molecule has 3 nitrogen and oxygen atoms in total. The van der Waals surface area contributed by atoms with E-state index in [1.807, 2.05) is 31.2 Å². The highest BCUT2D eigenvalue weighted by Gasteiger charge is 2.13. The molecule has 0 aliphatic rings. The summed E-state index contributed by atoms with van der Waals surface area (Å²) in [5.41, 5.74) is 0.878. The van der Waals surface area contributed by atoms with Crippen LogP contribution in [0.5, 0.6) is 5.75 Å². The SMILES string of the molecule is CCOC(=O)Cc1ccccc1O[C@H](C)C(C)C. The molecule has 3 heteroatoms. The molecule has 1 rings (SSSR count). The van der Waals surface area contributed by atoms with E-state index in [2.05, 4.69) is 13.8 Å². The van der Waals surface area contributed by atoms with Gasteiger partial charge in [0.2, 0.25) is 0 Å². The van der Waals surface area contributed by atoms with Crippen molar-refractivity contribution in [1.29, 1.82) is 0 Å². The number of ether oxygens (including phenoxy) is 2. The fourth-order valence-corrected chi connectivity index (χ4v) is 1.47. The summed E-state index contributed by atoms with van der Waals surface area (Å²) in [5, 5.41) is 0. The molecule has 0 fully saturated rings. The lowest BCUT2D eigenvalue weighted by Crippen LogP contribution is -2.20. The van der Waals surface area contributed by atoms with Gasteiger partial charge in [0.15, 0.2) is 0 Å². The zero-order valence-corrected chi connectivity index (χ0v) is 11.6. The Morgan fingerprint density at radius 3 is 2.50 bits per heavy atom. The molecule has 0 saturated heterocycles. The van der Waals surface area contributed by atoms with Crippen LogP contribution in [0.15, 0.2) is 24.3 Å². The van der Waals surface area contributed by atoms with Gasteiger partial charge in [0.05, 0.1) is 19.1 Å². The third kappa shape index (κ3) is 4.40. The maximum Gasteiger partial charge on any atom is 0.310 e. The van der Waals surface area contributed by atoms with Gasteiger partial charge in [-0.2, -0.15) is 0 Å². The quantitative estimate of drug-likeness (QED) is 0.727. The highest BCUT2D eigenvalue weighted by molar-refractivity contribution is 5.73. The molecule has 0 unspecified atom stereocenters. The van der Waals surface area contributed by atoms with Crippen molar-refractivity contribution in [3.05, 3.63) is 29.8 Å². The summed E-state index contributed by atoms with van der Waals surface area (Å²) in [6, 6.07) is 7.62. The van der Waals surface area contributed by atoms with E-state index in [0.717, 1.165) is 11.3 Å². The lowest BCUT2D eigenvalue weighted by molar-refractivity contribution is -0.142. The Morgan fingerprint density at radius 1 is 1.22 bits per heavy atom. The Labute approximate surface area is 109 Å². The lowest BCUT2D eigenvalue weighted by atomic mass is 10.1. The van der Waals surface area contributed by atoms with Crippen LogP contribution < -0.4 is 4.74 Å². The Kier molecular flexibility index (Phi) is 5.69. The number of benzene rings is 1. The van der Waals surface area contributed by atoms with Gasteiger partial charge in [-0.05, 0) is 25.8 Å². The largest absolute Gasteiger partial charge is 0.490 e. The lowest BCUT2D eigenvalue weighted by Gasteiger charge is -2.20. The molecule has 0 saturated carbocycles. The van der Waals surface area contributed by atoms with E-state index in [9.17, 15) is 4.79 Å². The third-order valence-electron chi connectivity index (χ3n) is 2.86. The Bertz CT molecular complexity index is 385. The molecule has 1 aromatic carbocycles. The van der Waals surface area contributed by atoms with Crippen LogP contribution in [0, 0.1) is 5.92 Å². The van der Waals surface area contributed by atoms with E-state index < -0.39 is 0 Å². The van der Waals surface area contributed by atoms with E-state index in [4.69, 9.17) is 9.47 Å². The van der Waals surface area contributed by atoms with Gasteiger partial charge in [-0.1, -0.05) is 32.0 Å². The van der Waals surface area contributed by atoms with Gasteiger partial charge in [-0.15, -0.1) is 0 Å². The van der Waals surface area contributed by atoms with Gasteiger partial charge >= 0.3 is 5.97 Å². The molecule has 0 aromatic heterocycles. The first kappa shape index (κ1) is 14.6. The molecule has 1 aromatic rings. The first-order valence-electron chi connectivity index (χ1n) is 6.44. The summed E-state index contributed by atoms with van der Waals surface area (Å²) in [7, 11) is 0. The summed E-state index contributed by atoms with van der Waals surface area (Å²) in [5.74, 6) is 0.984. The van der Waals surface area contributed by atoms with Gasteiger partial charge in [-0.25, -0.2) is 0 Å². The van der Waals surface area contributed by atoms with Gasteiger partial charge < -0.3 is 9.47 Å². The van der Waals surface area contributed by atoms with Crippen molar-refractivity contribution in [3.63, 3.8) is 0 Å². The molecular weight excluding hydrogens is 228 g/mol. The first-order chi connectivity index (χ1) is 8.54. The third-order valence-corrected chi connectivity index (χ3v) is 2.86. The van der Waals surface area contributed by atoms with Crippen molar-refractivity contribution < 1.29 is 14.3 Å². The Balaban J connectivity index is 2.76. The summed E-state index contributed by atoms with van der Waals surface area (Å²) in [6.45, 7) is 8.47. The Hall–Kier alpha value is -1.51. The van der Waals surface area contributed by atoms with Crippen LogP contribution in [-0.4, -0.2) is 18.7 Å². The maximum absolute atomic E-state index is 11.5. The van der Waals surface area contributed by atoms with Crippen LogP contribution in [-0.2, 0) is 16.0 Å². The summed E-state index contributed by atoms with van der Waals surface area (Å²) >= 11 is 0. The highest BCUT2D eigenvalue weighted by atomic mass is 16.5. The standard InChI is InChI=1S/C15H22O3/c1-5-17-15(16)10-13-8-6-7-9-14(13)18-12(4)11(2)3/h6-9,11-12H,5,10H2,1-4H3/t12-/m1/s1. The average molecular weight is 250 g/mol. The minimum absolute atomic E-state index is 0.119. The number of carbonyl (C=O) groups is 1. The second kappa shape index (κ2) is 7.04. The average Bonchev–Trinajstić information content (AvgIpc) is 2.31. The molecule has 0 aliphatic carbocycles. The van der Waals surface area contributed by atoms with Crippen LogP contribution in [0.2, 0.25) is 0 Å². The van der Waals surface area contributed by atoms with E-state index in [0.29, 0.717) is 12.5 Å². The summed E-state index contributed by atoms with van der Waals surface area (Å²) < 4.78 is 10.8. The topological polar surface area (TPSA) is 35.5 Å². The van der Waals surface area contributed by atoms with Crippen molar-refractivity contribution in [2.75, 3.05) is 6.61 Å². The van der Waals surface area contributed by atoms with Gasteiger partial charge in [0, 0.05) is 5.56 Å². The molecule has 18 heavy (non-hydrogen) atoms. The van der Waals surface area contributed by atoms with E-state index >= 15 is 0 Å². The van der Waals surface area contributed by atoms with E-state index in [-0.39, 0.29) is 18.5 Å². The zero-order valence-electron chi connectivity index (χ0n) is 11.6. The molecule has 1 atom stereocenters. The fraction of sp³-hybridized carbons (Fsp3) is 0.533. The first-order valence-corrected chi connectivity index (χ1v) is 6.44. The predicted molar refractivity (Wildman–Crippen MR) is 71.7 cm³/mol. The Morgan fingerprint density at radius 2 is 1.89 bits per heavy atom. The molecule has 100 valence electrons. The monoisotopic (exact) mass is 250 g/mol. The number of rotatable bonds is 6. The van der Waals surface area contributed by atoms with Crippen molar-refractivity contribution in [2.45, 2.75) is 40.2 Å². The molecule has 0 heterocycles. The maximum atomic E-state index is 11.5. The number of esters is 1. The smallest absolute Gasteiger partial charge is 0.310 e. The van der Waals surface area contributed by atoms with Crippen molar-refractivity contribution in [3.8, 4) is 5.75 Å². The van der Waals surface area contributed by atoms with E-state index in [1.165, 1.54) is 0 Å². The van der Waals surface area contributed by atoms with Crippen LogP contribution >= 0.6 is 0 Å². The van der Waals surface area contributed by atoms with E-state index in [1.54, 1.807) is 6.92 Å². The van der Waals surface area contributed by atoms with Crippen LogP contribution in [0.3, 0.4) is 0 Å². The number of hydrogen-bond donors (Lipinski definition) is 0. The highest BCUT2D eigenvalue weighted by Crippen LogP contribution is 2.22. The van der Waals surface area contributed by atoms with Crippen molar-refractivity contribution >= 4 is 5.97 Å². The second-order valence-electron chi connectivity index (χ2n) is 4.66. The number of carbonyl (C=O) groups excluding carboxylic acids is 1. The van der Waals surface area contributed by atoms with Crippen LogP contribution in [0.4, 0.5) is 0 Å². The van der Waals surface area contributed by atoms with Crippen molar-refractivity contribution in [1.82, 2.24) is 0 Å². The van der Waals surface area contributed by atoms with Crippen LogP contribution in [0.25, 0.3) is 0 Å². The molecule has 0 radical (unpaired) electrons. The fourth-order valence-electron chi connectivity index (χ4n) is 1.47. The number of hydrogen-bond acceptors (Lipinski definition) is 3. The van der Waals surface area contributed by atoms with Gasteiger partial charge in [0.1, 0.15) is 5.75 Å². The minimum atomic E-state index is -0.217. The molecule has 0 amide bonds. The molecular formula is C15H22O3. The zero-order chi connectivity index (χ0) is 13.5. The number of para-hydroxylation sites is 1. The van der Waals surface area contributed by atoms with Gasteiger partial charge in [0.25, 0.3) is 0 Å². The summed E-state index contributed by atoms with van der Waals surface area (Å²) in [4.78, 5) is 11.5. The molecule has 0 bridgehead atoms. The normalized spacial score (nSPS) is 12.3. The molecule has 0 N–H and O–H groups in total. The predicted octanol–water partition coefficient (Wildman–Crippen LogP) is 3.22.